The lowest BCUT2D eigenvalue weighted by Gasteiger charge is -2.36. The second kappa shape index (κ2) is 10.3. The fourth-order valence-corrected chi connectivity index (χ4v) is 5.05. The zero-order chi connectivity index (χ0) is 20.8. The van der Waals surface area contributed by atoms with Crippen LogP contribution in [-0.4, -0.2) is 0 Å². The summed E-state index contributed by atoms with van der Waals surface area (Å²) in [6, 6.07) is 2.79. The van der Waals surface area contributed by atoms with E-state index in [-0.39, 0.29) is 17.4 Å². The van der Waals surface area contributed by atoms with Crippen molar-refractivity contribution in [1.82, 2.24) is 0 Å². The fourth-order valence-electron chi connectivity index (χ4n) is 5.05. The third kappa shape index (κ3) is 6.11. The summed E-state index contributed by atoms with van der Waals surface area (Å²) in [4.78, 5) is 0. The summed E-state index contributed by atoms with van der Waals surface area (Å²) >= 11 is 0. The van der Waals surface area contributed by atoms with Crippen LogP contribution >= 0.6 is 0 Å². The Hall–Kier alpha value is -1.76. The Morgan fingerprint density at radius 3 is 2.00 bits per heavy atom. The molecule has 0 atom stereocenters. The average Bonchev–Trinajstić information content (AvgIpc) is 2.68. The van der Waals surface area contributed by atoms with E-state index < -0.39 is 17.7 Å². The predicted octanol–water partition coefficient (Wildman–Crippen LogP) is 7.66. The molecule has 0 amide bonds. The Balaban J connectivity index is 1.52. The van der Waals surface area contributed by atoms with E-state index in [1.165, 1.54) is 12.1 Å². The smallest absolute Gasteiger partial charge is 0.206 e. The van der Waals surface area contributed by atoms with E-state index in [1.54, 1.807) is 0 Å². The molecule has 0 aliphatic heterocycles. The van der Waals surface area contributed by atoms with E-state index in [4.69, 9.17) is 0 Å². The quantitative estimate of drug-likeness (QED) is 0.356. The van der Waals surface area contributed by atoms with E-state index >= 15 is 0 Å². The Labute approximate surface area is 171 Å². The van der Waals surface area contributed by atoms with Gasteiger partial charge < -0.3 is 0 Å². The summed E-state index contributed by atoms with van der Waals surface area (Å²) in [5.74, 6) is 6.21. The lowest BCUT2D eigenvalue weighted by Crippen LogP contribution is -2.25. The van der Waals surface area contributed by atoms with Gasteiger partial charge in [-0.05, 0) is 99.3 Å². The molecule has 0 aromatic heterocycles. The first-order chi connectivity index (χ1) is 14.0. The SMILES string of the molecule is CCCc1cc(F)c(C#C[C@H]2CC[C@H]([C@H]3CC[C@H](C=C(F)F)CC3)CC2)c(F)c1. The highest BCUT2D eigenvalue weighted by atomic mass is 19.3. The van der Waals surface area contributed by atoms with E-state index in [0.717, 1.165) is 63.9 Å². The number of rotatable bonds is 4. The molecule has 3 rings (SSSR count). The Bertz CT molecular complexity index is 743. The van der Waals surface area contributed by atoms with Gasteiger partial charge in [0.1, 0.15) is 11.6 Å². The van der Waals surface area contributed by atoms with Gasteiger partial charge in [0.25, 0.3) is 6.08 Å². The molecule has 2 fully saturated rings. The predicted molar refractivity (Wildman–Crippen MR) is 108 cm³/mol. The summed E-state index contributed by atoms with van der Waals surface area (Å²) in [7, 11) is 0. The van der Waals surface area contributed by atoms with Crippen LogP contribution in [0.2, 0.25) is 0 Å². The van der Waals surface area contributed by atoms with E-state index in [0.29, 0.717) is 23.8 Å². The molecule has 29 heavy (non-hydrogen) atoms. The van der Waals surface area contributed by atoms with Crippen molar-refractivity contribution in [3.05, 3.63) is 47.1 Å². The van der Waals surface area contributed by atoms with Gasteiger partial charge in [-0.15, -0.1) is 0 Å². The maximum Gasteiger partial charge on any atom is 0.266 e. The van der Waals surface area contributed by atoms with Gasteiger partial charge in [0.2, 0.25) is 0 Å². The van der Waals surface area contributed by atoms with Crippen LogP contribution in [-0.2, 0) is 6.42 Å². The van der Waals surface area contributed by atoms with Crippen molar-refractivity contribution in [2.24, 2.45) is 23.7 Å². The zero-order valence-corrected chi connectivity index (χ0v) is 17.1. The normalized spacial score (nSPS) is 27.1. The highest BCUT2D eigenvalue weighted by molar-refractivity contribution is 5.39. The lowest BCUT2D eigenvalue weighted by atomic mass is 9.69. The minimum Gasteiger partial charge on any atom is -0.206 e. The summed E-state index contributed by atoms with van der Waals surface area (Å²) in [6.07, 6.45) is 8.88. The zero-order valence-electron chi connectivity index (χ0n) is 17.1. The molecule has 0 heterocycles. The standard InChI is InChI=1S/C25H30F4/c1-2-3-19-14-23(26)22(24(27)15-19)13-8-17-4-9-20(10-5-17)21-11-6-18(7-12-21)16-25(28)29/h14-18,20-21H,2-7,9-12H2,1H3/t17-,18-,20-,21-. The Morgan fingerprint density at radius 1 is 0.931 bits per heavy atom. The molecule has 2 saturated carbocycles. The molecular weight excluding hydrogens is 376 g/mol. The van der Waals surface area contributed by atoms with Crippen molar-refractivity contribution >= 4 is 0 Å². The molecule has 1 aromatic rings. The molecule has 0 N–H and O–H groups in total. The lowest BCUT2D eigenvalue weighted by molar-refractivity contribution is 0.167. The number of hydrogen-bond acceptors (Lipinski definition) is 0. The maximum absolute atomic E-state index is 14.2. The van der Waals surface area contributed by atoms with Gasteiger partial charge in [-0.1, -0.05) is 25.2 Å². The molecule has 4 heteroatoms. The first kappa shape index (κ1) is 21.9. The minimum absolute atomic E-state index is 0.0342. The summed E-state index contributed by atoms with van der Waals surface area (Å²) in [5, 5.41) is 0. The molecular formula is C25H30F4. The van der Waals surface area contributed by atoms with Crippen LogP contribution in [0, 0.1) is 47.1 Å². The maximum atomic E-state index is 14.2. The largest absolute Gasteiger partial charge is 0.266 e. The van der Waals surface area contributed by atoms with E-state index in [1.807, 2.05) is 6.92 Å². The highest BCUT2D eigenvalue weighted by Crippen LogP contribution is 2.41. The molecule has 2 aliphatic carbocycles. The second-order valence-corrected chi connectivity index (χ2v) is 8.70. The topological polar surface area (TPSA) is 0 Å². The third-order valence-corrected chi connectivity index (χ3v) is 6.66. The molecule has 0 nitrogen and oxygen atoms in total. The van der Waals surface area contributed by atoms with Crippen molar-refractivity contribution in [2.75, 3.05) is 0 Å². The van der Waals surface area contributed by atoms with Crippen LogP contribution in [0.1, 0.15) is 75.8 Å². The number of benzene rings is 1. The van der Waals surface area contributed by atoms with Crippen molar-refractivity contribution in [2.45, 2.75) is 71.1 Å². The van der Waals surface area contributed by atoms with Crippen molar-refractivity contribution in [3.8, 4) is 11.8 Å². The Morgan fingerprint density at radius 2 is 1.48 bits per heavy atom. The van der Waals surface area contributed by atoms with Gasteiger partial charge in [-0.25, -0.2) is 8.78 Å². The van der Waals surface area contributed by atoms with Gasteiger partial charge in [-0.3, -0.25) is 0 Å². The van der Waals surface area contributed by atoms with Crippen molar-refractivity contribution < 1.29 is 17.6 Å². The number of halogens is 4. The minimum atomic E-state index is -1.56. The number of hydrogen-bond donors (Lipinski definition) is 0. The number of aryl methyl sites for hydroxylation is 1. The monoisotopic (exact) mass is 406 g/mol. The molecule has 0 radical (unpaired) electrons. The second-order valence-electron chi connectivity index (χ2n) is 8.70. The Kier molecular flexibility index (Phi) is 7.81. The van der Waals surface area contributed by atoms with Crippen molar-refractivity contribution in [1.29, 1.82) is 0 Å². The molecule has 0 unspecified atom stereocenters. The third-order valence-electron chi connectivity index (χ3n) is 6.66. The molecule has 158 valence electrons. The van der Waals surface area contributed by atoms with Crippen LogP contribution < -0.4 is 0 Å². The first-order valence-electron chi connectivity index (χ1n) is 11.0. The van der Waals surface area contributed by atoms with Crippen LogP contribution in [0.3, 0.4) is 0 Å². The average molecular weight is 407 g/mol. The summed E-state index contributed by atoms with van der Waals surface area (Å²) in [5.41, 5.74) is 0.562. The van der Waals surface area contributed by atoms with Crippen LogP contribution in [0.15, 0.2) is 24.3 Å². The van der Waals surface area contributed by atoms with Gasteiger partial charge >= 0.3 is 0 Å². The van der Waals surface area contributed by atoms with E-state index in [2.05, 4.69) is 11.8 Å². The molecule has 1 aromatic carbocycles. The highest BCUT2D eigenvalue weighted by Gasteiger charge is 2.30. The fraction of sp³-hybridized carbons (Fsp3) is 0.600. The van der Waals surface area contributed by atoms with Crippen LogP contribution in [0.5, 0.6) is 0 Å². The van der Waals surface area contributed by atoms with Gasteiger partial charge in [0, 0.05) is 5.92 Å². The summed E-state index contributed by atoms with van der Waals surface area (Å²) < 4.78 is 53.3. The van der Waals surface area contributed by atoms with Gasteiger partial charge in [0.15, 0.2) is 0 Å². The molecule has 2 aliphatic rings. The molecule has 0 bridgehead atoms. The number of allylic oxidation sites excluding steroid dienone is 1. The first-order valence-corrected chi connectivity index (χ1v) is 11.0. The summed E-state index contributed by atoms with van der Waals surface area (Å²) in [6.45, 7) is 1.98. The molecule has 0 saturated heterocycles. The van der Waals surface area contributed by atoms with E-state index in [9.17, 15) is 17.6 Å². The van der Waals surface area contributed by atoms with Crippen LogP contribution in [0.4, 0.5) is 17.6 Å². The van der Waals surface area contributed by atoms with Crippen LogP contribution in [0.25, 0.3) is 0 Å². The van der Waals surface area contributed by atoms with Gasteiger partial charge in [0.05, 0.1) is 5.56 Å². The van der Waals surface area contributed by atoms with Gasteiger partial charge in [-0.2, -0.15) is 8.78 Å². The molecule has 0 spiro atoms. The van der Waals surface area contributed by atoms with Crippen molar-refractivity contribution in [3.63, 3.8) is 0 Å².